The van der Waals surface area contributed by atoms with Gasteiger partial charge in [0.1, 0.15) is 11.6 Å². The molecule has 1 aliphatic heterocycles. The average Bonchev–Trinajstić information content (AvgIpc) is 2.93. The van der Waals surface area contributed by atoms with Gasteiger partial charge >= 0.3 is 0 Å². The summed E-state index contributed by atoms with van der Waals surface area (Å²) < 4.78 is 18.6. The molecule has 0 atom stereocenters. The van der Waals surface area contributed by atoms with E-state index in [1.54, 1.807) is 19.2 Å². The van der Waals surface area contributed by atoms with Gasteiger partial charge in [0, 0.05) is 16.7 Å². The molecule has 0 aromatic heterocycles. The van der Waals surface area contributed by atoms with Gasteiger partial charge in [-0.15, -0.1) is 0 Å². The molecule has 146 valence electrons. The van der Waals surface area contributed by atoms with Crippen LogP contribution in [0.1, 0.15) is 42.0 Å². The highest BCUT2D eigenvalue weighted by Crippen LogP contribution is 2.30. The van der Waals surface area contributed by atoms with Crippen LogP contribution in [0.15, 0.2) is 76.8 Å². The molecule has 1 heterocycles. The number of methoxy groups -OCH3 is 1. The van der Waals surface area contributed by atoms with Crippen LogP contribution in [0.2, 0.25) is 0 Å². The van der Waals surface area contributed by atoms with E-state index in [0.29, 0.717) is 11.8 Å². The standard InChI is InChI=1S/C24H22FN3O/c1-15(2)18-8-13-22-21(14-18)23(16-6-11-20(29-3)12-7-16)27-28-24(26-22)17-4-9-19(25)10-5-17/h4-15H,1-3H3,(H,26,28). The predicted octanol–water partition coefficient (Wildman–Crippen LogP) is 5.39. The van der Waals surface area contributed by atoms with Gasteiger partial charge in [0.2, 0.25) is 0 Å². The Hall–Kier alpha value is -3.47. The Bertz CT molecular complexity index is 1080. The van der Waals surface area contributed by atoms with Crippen LogP contribution < -0.4 is 10.2 Å². The maximum Gasteiger partial charge on any atom is 0.154 e. The lowest BCUT2D eigenvalue weighted by molar-refractivity contribution is 0.415. The maximum atomic E-state index is 13.3. The lowest BCUT2D eigenvalue weighted by Crippen LogP contribution is -2.19. The molecule has 4 rings (SSSR count). The molecular weight excluding hydrogens is 365 g/mol. The highest BCUT2D eigenvalue weighted by Gasteiger charge is 2.18. The van der Waals surface area contributed by atoms with E-state index in [4.69, 9.17) is 9.73 Å². The molecule has 0 fully saturated rings. The first kappa shape index (κ1) is 18.9. The highest BCUT2D eigenvalue weighted by atomic mass is 19.1. The number of halogens is 1. The summed E-state index contributed by atoms with van der Waals surface area (Å²) in [5.74, 6) is 1.46. The molecule has 0 unspecified atom stereocenters. The normalized spacial score (nSPS) is 13.1. The van der Waals surface area contributed by atoms with Gasteiger partial charge in [-0.3, -0.25) is 5.43 Å². The van der Waals surface area contributed by atoms with Crippen molar-refractivity contribution in [1.82, 2.24) is 5.43 Å². The number of hydrogen-bond acceptors (Lipinski definition) is 4. The van der Waals surface area contributed by atoms with E-state index < -0.39 is 0 Å². The van der Waals surface area contributed by atoms with Gasteiger partial charge in [-0.1, -0.05) is 19.9 Å². The number of ether oxygens (including phenoxy) is 1. The Morgan fingerprint density at radius 1 is 0.897 bits per heavy atom. The summed E-state index contributed by atoms with van der Waals surface area (Å²) in [6, 6.07) is 20.3. The zero-order valence-electron chi connectivity index (χ0n) is 16.6. The van der Waals surface area contributed by atoms with Crippen molar-refractivity contribution in [2.75, 3.05) is 7.11 Å². The van der Waals surface area contributed by atoms with Gasteiger partial charge in [-0.25, -0.2) is 9.38 Å². The third-order valence-corrected chi connectivity index (χ3v) is 4.93. The van der Waals surface area contributed by atoms with Crippen LogP contribution in [0, 0.1) is 5.82 Å². The minimum absolute atomic E-state index is 0.285. The van der Waals surface area contributed by atoms with Crippen LogP contribution >= 0.6 is 0 Å². The molecule has 0 saturated carbocycles. The molecule has 0 saturated heterocycles. The second-order valence-electron chi connectivity index (χ2n) is 7.20. The van der Waals surface area contributed by atoms with Gasteiger partial charge in [0.05, 0.1) is 18.5 Å². The largest absolute Gasteiger partial charge is 0.497 e. The van der Waals surface area contributed by atoms with Crippen molar-refractivity contribution in [1.29, 1.82) is 0 Å². The minimum atomic E-state index is -0.285. The SMILES string of the molecule is COc1ccc(C2=NNC(c3ccc(F)cc3)=Nc3ccc(C(C)C)cc32)cc1. The van der Waals surface area contributed by atoms with E-state index in [2.05, 4.69) is 36.5 Å². The number of nitrogens with zero attached hydrogens (tertiary/aromatic N) is 2. The Morgan fingerprint density at radius 2 is 1.59 bits per heavy atom. The van der Waals surface area contributed by atoms with Crippen LogP contribution in [0.4, 0.5) is 10.1 Å². The smallest absolute Gasteiger partial charge is 0.154 e. The van der Waals surface area contributed by atoms with Gasteiger partial charge in [-0.2, -0.15) is 5.10 Å². The fourth-order valence-corrected chi connectivity index (χ4v) is 3.22. The molecule has 0 bridgehead atoms. The van der Waals surface area contributed by atoms with Gasteiger partial charge in [-0.05, 0) is 72.1 Å². The summed E-state index contributed by atoms with van der Waals surface area (Å²) in [5.41, 5.74) is 8.57. The number of rotatable bonds is 4. The van der Waals surface area contributed by atoms with Gasteiger partial charge in [0.15, 0.2) is 5.84 Å². The van der Waals surface area contributed by atoms with Crippen molar-refractivity contribution >= 4 is 17.2 Å². The Morgan fingerprint density at radius 3 is 2.24 bits per heavy atom. The van der Waals surface area contributed by atoms with Crippen molar-refractivity contribution in [3.63, 3.8) is 0 Å². The topological polar surface area (TPSA) is 46.0 Å². The molecule has 0 aliphatic carbocycles. The minimum Gasteiger partial charge on any atom is -0.497 e. The number of benzene rings is 3. The van der Waals surface area contributed by atoms with Crippen molar-refractivity contribution in [2.24, 2.45) is 10.1 Å². The Balaban J connectivity index is 1.85. The summed E-state index contributed by atoms with van der Waals surface area (Å²) in [6.45, 7) is 4.32. The monoisotopic (exact) mass is 387 g/mol. The number of hydrogen-bond donors (Lipinski definition) is 1. The first-order chi connectivity index (χ1) is 14.0. The fraction of sp³-hybridized carbons (Fsp3) is 0.167. The van der Waals surface area contributed by atoms with E-state index >= 15 is 0 Å². The second kappa shape index (κ2) is 7.87. The molecule has 1 aliphatic rings. The van der Waals surface area contributed by atoms with E-state index in [0.717, 1.165) is 33.8 Å². The molecule has 1 N–H and O–H groups in total. The average molecular weight is 387 g/mol. The predicted molar refractivity (Wildman–Crippen MR) is 115 cm³/mol. The third kappa shape index (κ3) is 3.90. The van der Waals surface area contributed by atoms with Crippen molar-refractivity contribution in [3.8, 4) is 5.75 Å². The first-order valence-corrected chi connectivity index (χ1v) is 9.52. The van der Waals surface area contributed by atoms with Crippen LogP contribution in [-0.2, 0) is 0 Å². The zero-order chi connectivity index (χ0) is 20.4. The quantitative estimate of drug-likeness (QED) is 0.652. The molecule has 3 aromatic carbocycles. The maximum absolute atomic E-state index is 13.3. The number of amidine groups is 1. The summed E-state index contributed by atoms with van der Waals surface area (Å²) in [4.78, 5) is 4.79. The van der Waals surface area contributed by atoms with E-state index in [-0.39, 0.29) is 5.82 Å². The van der Waals surface area contributed by atoms with Crippen molar-refractivity contribution in [2.45, 2.75) is 19.8 Å². The third-order valence-electron chi connectivity index (χ3n) is 4.93. The number of nitrogens with one attached hydrogen (secondary N) is 1. The van der Waals surface area contributed by atoms with E-state index in [1.807, 2.05) is 30.3 Å². The Labute approximate surface area is 169 Å². The summed E-state index contributed by atoms with van der Waals surface area (Å²) in [5, 5.41) is 4.67. The van der Waals surface area contributed by atoms with Crippen LogP contribution in [0.25, 0.3) is 0 Å². The van der Waals surface area contributed by atoms with Crippen LogP contribution in [-0.4, -0.2) is 18.7 Å². The summed E-state index contributed by atoms with van der Waals surface area (Å²) >= 11 is 0. The van der Waals surface area contributed by atoms with Gasteiger partial charge in [0.25, 0.3) is 0 Å². The summed E-state index contributed by atoms with van der Waals surface area (Å²) in [6.07, 6.45) is 0. The van der Waals surface area contributed by atoms with Gasteiger partial charge < -0.3 is 4.74 Å². The molecule has 4 nitrogen and oxygen atoms in total. The molecule has 0 amide bonds. The molecule has 5 heteroatoms. The molecule has 29 heavy (non-hydrogen) atoms. The number of aliphatic imine (C=N–C) groups is 1. The number of hydrazone groups is 1. The van der Waals surface area contributed by atoms with E-state index in [9.17, 15) is 4.39 Å². The lowest BCUT2D eigenvalue weighted by Gasteiger charge is -2.12. The fourth-order valence-electron chi connectivity index (χ4n) is 3.22. The van der Waals surface area contributed by atoms with Crippen LogP contribution in [0.5, 0.6) is 5.75 Å². The van der Waals surface area contributed by atoms with Crippen LogP contribution in [0.3, 0.4) is 0 Å². The molecule has 0 radical (unpaired) electrons. The lowest BCUT2D eigenvalue weighted by atomic mass is 9.95. The second-order valence-corrected chi connectivity index (χ2v) is 7.20. The Kier molecular flexibility index (Phi) is 5.12. The number of fused-ring (bicyclic) bond motifs is 1. The molecule has 0 spiro atoms. The molecular formula is C24H22FN3O. The summed E-state index contributed by atoms with van der Waals surface area (Å²) in [7, 11) is 1.65. The van der Waals surface area contributed by atoms with Crippen molar-refractivity contribution in [3.05, 3.63) is 94.8 Å². The van der Waals surface area contributed by atoms with Crippen molar-refractivity contribution < 1.29 is 9.13 Å². The molecule has 3 aromatic rings. The highest BCUT2D eigenvalue weighted by molar-refractivity contribution is 6.18. The van der Waals surface area contributed by atoms with E-state index in [1.165, 1.54) is 17.7 Å². The first-order valence-electron chi connectivity index (χ1n) is 9.52. The zero-order valence-corrected chi connectivity index (χ0v) is 16.6.